The van der Waals surface area contributed by atoms with Crippen LogP contribution < -0.4 is 5.32 Å². The number of aliphatic hydroxyl groups is 2. The lowest BCUT2D eigenvalue weighted by Gasteiger charge is -2.19. The predicted molar refractivity (Wildman–Crippen MR) is 235 cm³/mol. The molecule has 2 unspecified atom stereocenters. The maximum absolute atomic E-state index is 12.3. The van der Waals surface area contributed by atoms with E-state index >= 15 is 0 Å². The Morgan fingerprint density at radius 2 is 0.736 bits per heavy atom. The van der Waals surface area contributed by atoms with Crippen molar-refractivity contribution in [1.82, 2.24) is 5.32 Å². The van der Waals surface area contributed by atoms with E-state index in [0.29, 0.717) is 6.42 Å². The van der Waals surface area contributed by atoms with Crippen molar-refractivity contribution in [2.75, 3.05) is 6.61 Å². The highest BCUT2D eigenvalue weighted by Gasteiger charge is 2.17. The number of carbonyl (C=O) groups excluding carboxylic acids is 1. The standard InChI is InChI=1S/C49H91NO3/c1-3-5-7-9-11-13-15-17-18-19-20-21-22-23-24-25-26-27-28-29-30-31-32-33-34-36-38-40-42-44-48(52)47(46-51)50-49(53)45-43-41-39-37-35-16-14-12-10-8-6-4-2/h12,14,30-31,34,36,42,44,47-48,51-52H,3-11,13,15-29,32-33,35,37-41,43,45-46H2,1-2H3,(H,50,53)/b14-12-,31-30+,36-34+,44-42+. The number of unbranched alkanes of at least 4 members (excludes halogenated alkanes) is 29. The lowest BCUT2D eigenvalue weighted by molar-refractivity contribution is -0.123. The first-order valence-electron chi connectivity index (χ1n) is 23.4. The molecule has 310 valence electrons. The van der Waals surface area contributed by atoms with Gasteiger partial charge in [0.2, 0.25) is 5.91 Å². The number of nitrogens with one attached hydrogen (secondary N) is 1. The Bertz CT molecular complexity index is 847. The van der Waals surface area contributed by atoms with Gasteiger partial charge in [-0.05, 0) is 70.6 Å². The second-order valence-corrected chi connectivity index (χ2v) is 15.8. The van der Waals surface area contributed by atoms with E-state index in [1.54, 1.807) is 6.08 Å². The third-order valence-electron chi connectivity index (χ3n) is 10.5. The Hall–Kier alpha value is -1.65. The first kappa shape index (κ1) is 51.4. The second-order valence-electron chi connectivity index (χ2n) is 15.8. The summed E-state index contributed by atoms with van der Waals surface area (Å²) in [5.41, 5.74) is 0. The summed E-state index contributed by atoms with van der Waals surface area (Å²) in [6.07, 6.45) is 61.0. The average Bonchev–Trinajstić information content (AvgIpc) is 3.16. The van der Waals surface area contributed by atoms with Gasteiger partial charge < -0.3 is 15.5 Å². The molecular weight excluding hydrogens is 651 g/mol. The highest BCUT2D eigenvalue weighted by atomic mass is 16.3. The van der Waals surface area contributed by atoms with E-state index in [4.69, 9.17) is 0 Å². The van der Waals surface area contributed by atoms with Gasteiger partial charge in [0.25, 0.3) is 0 Å². The summed E-state index contributed by atoms with van der Waals surface area (Å²) in [7, 11) is 0. The lowest BCUT2D eigenvalue weighted by atomic mass is 10.0. The SMILES string of the molecule is CCCCC/C=C\CCCCCCCC(=O)NC(CO)C(O)/C=C/CC/C=C/CC/C=C/CCCCCCCCCCCCCCCCCCCCC. The number of allylic oxidation sites excluding steroid dienone is 7. The smallest absolute Gasteiger partial charge is 0.220 e. The quantitative estimate of drug-likeness (QED) is 0.0431. The fraction of sp³-hybridized carbons (Fsp3) is 0.816. The molecule has 0 aliphatic heterocycles. The molecular formula is C49H91NO3. The van der Waals surface area contributed by atoms with Crippen LogP contribution in [0.15, 0.2) is 48.6 Å². The zero-order valence-electron chi connectivity index (χ0n) is 35.5. The molecule has 0 radical (unpaired) electrons. The Labute approximate surface area is 331 Å². The van der Waals surface area contributed by atoms with E-state index in [2.05, 4.69) is 55.6 Å². The Balaban J connectivity index is 3.57. The molecule has 53 heavy (non-hydrogen) atoms. The third-order valence-corrected chi connectivity index (χ3v) is 10.5. The Morgan fingerprint density at radius 1 is 0.434 bits per heavy atom. The van der Waals surface area contributed by atoms with Gasteiger partial charge in [-0.25, -0.2) is 0 Å². The monoisotopic (exact) mass is 742 g/mol. The van der Waals surface area contributed by atoms with Crippen molar-refractivity contribution in [2.45, 2.75) is 251 Å². The summed E-state index contributed by atoms with van der Waals surface area (Å²) in [4.78, 5) is 12.3. The summed E-state index contributed by atoms with van der Waals surface area (Å²) < 4.78 is 0. The molecule has 0 fully saturated rings. The summed E-state index contributed by atoms with van der Waals surface area (Å²) in [5.74, 6) is -0.0888. The van der Waals surface area contributed by atoms with Gasteiger partial charge in [-0.2, -0.15) is 0 Å². The number of carbonyl (C=O) groups is 1. The fourth-order valence-corrected chi connectivity index (χ4v) is 6.91. The van der Waals surface area contributed by atoms with Crippen molar-refractivity contribution in [3.8, 4) is 0 Å². The highest BCUT2D eigenvalue weighted by molar-refractivity contribution is 5.76. The zero-order chi connectivity index (χ0) is 38.6. The van der Waals surface area contributed by atoms with Gasteiger partial charge in [0.1, 0.15) is 0 Å². The molecule has 0 spiro atoms. The minimum atomic E-state index is -0.873. The first-order valence-corrected chi connectivity index (χ1v) is 23.4. The van der Waals surface area contributed by atoms with Crippen LogP contribution in [0.2, 0.25) is 0 Å². The summed E-state index contributed by atoms with van der Waals surface area (Å²) in [6, 6.07) is -0.649. The molecule has 0 saturated carbocycles. The molecule has 0 aromatic heterocycles. The number of rotatable bonds is 42. The van der Waals surface area contributed by atoms with Crippen LogP contribution in [0.1, 0.15) is 239 Å². The third kappa shape index (κ3) is 41.4. The van der Waals surface area contributed by atoms with Gasteiger partial charge in [-0.3, -0.25) is 4.79 Å². The topological polar surface area (TPSA) is 69.6 Å². The van der Waals surface area contributed by atoms with Gasteiger partial charge in [0, 0.05) is 6.42 Å². The normalized spacial score (nSPS) is 13.4. The van der Waals surface area contributed by atoms with Crippen LogP contribution in [0.3, 0.4) is 0 Å². The van der Waals surface area contributed by atoms with Gasteiger partial charge >= 0.3 is 0 Å². The molecule has 1 amide bonds. The summed E-state index contributed by atoms with van der Waals surface area (Å²) in [5, 5.41) is 22.9. The minimum absolute atomic E-state index is 0.0888. The maximum atomic E-state index is 12.3. The van der Waals surface area contributed by atoms with E-state index in [1.165, 1.54) is 167 Å². The van der Waals surface area contributed by atoms with E-state index in [-0.39, 0.29) is 12.5 Å². The molecule has 2 atom stereocenters. The van der Waals surface area contributed by atoms with Crippen LogP contribution in [0, 0.1) is 0 Å². The molecule has 0 saturated heterocycles. The Kier molecular flexibility index (Phi) is 43.4. The predicted octanol–water partition coefficient (Wildman–Crippen LogP) is 14.7. The van der Waals surface area contributed by atoms with E-state index in [1.807, 2.05) is 6.08 Å². The van der Waals surface area contributed by atoms with Gasteiger partial charge in [0.15, 0.2) is 0 Å². The number of amides is 1. The Morgan fingerprint density at radius 3 is 1.13 bits per heavy atom. The first-order chi connectivity index (χ1) is 26.2. The van der Waals surface area contributed by atoms with Crippen molar-refractivity contribution < 1.29 is 15.0 Å². The van der Waals surface area contributed by atoms with E-state index in [0.717, 1.165) is 51.4 Å². The molecule has 0 aliphatic rings. The zero-order valence-corrected chi connectivity index (χ0v) is 35.5. The fourth-order valence-electron chi connectivity index (χ4n) is 6.91. The van der Waals surface area contributed by atoms with Crippen molar-refractivity contribution in [1.29, 1.82) is 0 Å². The molecule has 0 bridgehead atoms. The van der Waals surface area contributed by atoms with Crippen LogP contribution in [0.5, 0.6) is 0 Å². The molecule has 0 heterocycles. The summed E-state index contributed by atoms with van der Waals surface area (Å²) >= 11 is 0. The summed E-state index contributed by atoms with van der Waals surface area (Å²) in [6.45, 7) is 4.27. The average molecular weight is 742 g/mol. The number of hydrogen-bond donors (Lipinski definition) is 3. The highest BCUT2D eigenvalue weighted by Crippen LogP contribution is 2.15. The van der Waals surface area contributed by atoms with Crippen LogP contribution in [0.25, 0.3) is 0 Å². The van der Waals surface area contributed by atoms with Gasteiger partial charge in [-0.1, -0.05) is 210 Å². The van der Waals surface area contributed by atoms with E-state index < -0.39 is 12.1 Å². The van der Waals surface area contributed by atoms with Crippen LogP contribution in [0.4, 0.5) is 0 Å². The molecule has 4 heteroatoms. The molecule has 0 rings (SSSR count). The van der Waals surface area contributed by atoms with Crippen LogP contribution >= 0.6 is 0 Å². The van der Waals surface area contributed by atoms with Crippen LogP contribution in [-0.2, 0) is 4.79 Å². The van der Waals surface area contributed by atoms with Crippen molar-refractivity contribution in [3.05, 3.63) is 48.6 Å². The van der Waals surface area contributed by atoms with Crippen LogP contribution in [-0.4, -0.2) is 34.9 Å². The molecule has 4 nitrogen and oxygen atoms in total. The molecule has 0 aromatic rings. The maximum Gasteiger partial charge on any atom is 0.220 e. The molecule has 0 aromatic carbocycles. The second kappa shape index (κ2) is 44.7. The number of aliphatic hydroxyl groups excluding tert-OH is 2. The largest absolute Gasteiger partial charge is 0.394 e. The number of hydrogen-bond acceptors (Lipinski definition) is 3. The van der Waals surface area contributed by atoms with Crippen molar-refractivity contribution in [3.63, 3.8) is 0 Å². The van der Waals surface area contributed by atoms with Gasteiger partial charge in [0.05, 0.1) is 18.8 Å². The molecule has 3 N–H and O–H groups in total. The lowest BCUT2D eigenvalue weighted by Crippen LogP contribution is -2.45. The van der Waals surface area contributed by atoms with Gasteiger partial charge in [-0.15, -0.1) is 0 Å². The molecule has 0 aliphatic carbocycles. The minimum Gasteiger partial charge on any atom is -0.394 e. The van der Waals surface area contributed by atoms with E-state index in [9.17, 15) is 15.0 Å². The van der Waals surface area contributed by atoms with Crippen molar-refractivity contribution in [2.24, 2.45) is 0 Å². The van der Waals surface area contributed by atoms with Crippen molar-refractivity contribution >= 4 is 5.91 Å².